The smallest absolute Gasteiger partial charge is 0.153 e. The molecule has 4 heteroatoms. The third-order valence-corrected chi connectivity index (χ3v) is 1.80. The van der Waals surface area contributed by atoms with Gasteiger partial charge < -0.3 is 9.59 Å². The first kappa shape index (κ1) is 9.36. The van der Waals surface area contributed by atoms with Crippen LogP contribution in [0.5, 0.6) is 0 Å². The maximum Gasteiger partial charge on any atom is 0.153 e. The summed E-state index contributed by atoms with van der Waals surface area (Å²) in [5, 5.41) is 0. The SMILES string of the molecule is CC(=O)[C@@](S)(C=O)CC=O. The molecule has 0 rings (SSSR count). The van der Waals surface area contributed by atoms with E-state index in [-0.39, 0.29) is 6.42 Å². The van der Waals surface area contributed by atoms with Crippen LogP contribution in [0.2, 0.25) is 0 Å². The molecule has 0 aliphatic heterocycles. The van der Waals surface area contributed by atoms with Crippen molar-refractivity contribution in [1.82, 2.24) is 0 Å². The summed E-state index contributed by atoms with van der Waals surface area (Å²) in [7, 11) is 0. The number of hydrogen-bond acceptors (Lipinski definition) is 4. The van der Waals surface area contributed by atoms with Crippen LogP contribution in [0.15, 0.2) is 0 Å². The number of rotatable bonds is 4. The monoisotopic (exact) mass is 160 g/mol. The van der Waals surface area contributed by atoms with Gasteiger partial charge in [0.2, 0.25) is 0 Å². The molecule has 0 amide bonds. The average molecular weight is 160 g/mol. The van der Waals surface area contributed by atoms with Crippen LogP contribution in [0.3, 0.4) is 0 Å². The van der Waals surface area contributed by atoms with Gasteiger partial charge in [-0.1, -0.05) is 0 Å². The molecule has 0 aromatic rings. The van der Waals surface area contributed by atoms with Gasteiger partial charge in [0, 0.05) is 6.42 Å². The minimum absolute atomic E-state index is 0.158. The van der Waals surface area contributed by atoms with Gasteiger partial charge in [-0.2, -0.15) is 12.6 Å². The van der Waals surface area contributed by atoms with Gasteiger partial charge in [-0.25, -0.2) is 0 Å². The van der Waals surface area contributed by atoms with Gasteiger partial charge in [-0.05, 0) is 6.92 Å². The summed E-state index contributed by atoms with van der Waals surface area (Å²) in [6, 6.07) is 0. The van der Waals surface area contributed by atoms with Crippen molar-refractivity contribution in [2.45, 2.75) is 18.1 Å². The van der Waals surface area contributed by atoms with E-state index >= 15 is 0 Å². The van der Waals surface area contributed by atoms with Crippen LogP contribution in [0, 0.1) is 0 Å². The van der Waals surface area contributed by atoms with E-state index in [0.29, 0.717) is 12.6 Å². The van der Waals surface area contributed by atoms with Crippen LogP contribution in [-0.4, -0.2) is 23.1 Å². The predicted molar refractivity (Wildman–Crippen MR) is 39.1 cm³/mol. The highest BCUT2D eigenvalue weighted by atomic mass is 32.1. The molecule has 0 aromatic heterocycles. The molecule has 0 aromatic carbocycles. The maximum absolute atomic E-state index is 10.6. The summed E-state index contributed by atoms with van der Waals surface area (Å²) in [5.74, 6) is -0.405. The Kier molecular flexibility index (Phi) is 3.28. The number of hydrogen-bond donors (Lipinski definition) is 1. The zero-order valence-corrected chi connectivity index (χ0v) is 6.43. The van der Waals surface area contributed by atoms with E-state index in [9.17, 15) is 14.4 Å². The molecule has 1 atom stereocenters. The van der Waals surface area contributed by atoms with Gasteiger partial charge in [-0.15, -0.1) is 0 Å². The summed E-state index contributed by atoms with van der Waals surface area (Å²) in [6.07, 6.45) is 0.727. The van der Waals surface area contributed by atoms with E-state index in [1.807, 2.05) is 0 Å². The van der Waals surface area contributed by atoms with Gasteiger partial charge in [0.25, 0.3) is 0 Å². The van der Waals surface area contributed by atoms with Crippen molar-refractivity contribution in [2.75, 3.05) is 0 Å². The van der Waals surface area contributed by atoms with Crippen molar-refractivity contribution in [3.63, 3.8) is 0 Å². The number of Topliss-reactive ketones (excluding diaryl/α,β-unsaturated/α-hetero) is 1. The fourth-order valence-corrected chi connectivity index (χ4v) is 0.476. The van der Waals surface area contributed by atoms with Crippen LogP contribution in [-0.2, 0) is 14.4 Å². The Morgan fingerprint density at radius 2 is 2.10 bits per heavy atom. The summed E-state index contributed by atoms with van der Waals surface area (Å²) >= 11 is 3.74. The Morgan fingerprint density at radius 1 is 1.60 bits per heavy atom. The lowest BCUT2D eigenvalue weighted by Crippen LogP contribution is -2.32. The Bertz CT molecular complexity index is 166. The highest BCUT2D eigenvalue weighted by molar-refractivity contribution is 7.83. The molecule has 3 nitrogen and oxygen atoms in total. The van der Waals surface area contributed by atoms with Crippen molar-refractivity contribution in [2.24, 2.45) is 0 Å². The molecule has 0 heterocycles. The molecule has 0 saturated heterocycles. The standard InChI is InChI=1S/C6H8O3S/c1-5(9)6(10,4-8)2-3-7/h3-4,10H,2H2,1H3/t6-/m0/s1. The number of ketones is 1. The Balaban J connectivity index is 4.36. The van der Waals surface area contributed by atoms with E-state index in [0.717, 1.165) is 0 Å². The third-order valence-electron chi connectivity index (χ3n) is 1.20. The van der Waals surface area contributed by atoms with E-state index < -0.39 is 10.5 Å². The van der Waals surface area contributed by atoms with Gasteiger partial charge in [0.1, 0.15) is 17.3 Å². The molecule has 0 aliphatic carbocycles. The second-order valence-electron chi connectivity index (χ2n) is 1.97. The fourth-order valence-electron chi connectivity index (χ4n) is 0.402. The van der Waals surface area contributed by atoms with Gasteiger partial charge in [0.15, 0.2) is 5.78 Å². The number of carbonyl (C=O) groups is 3. The maximum atomic E-state index is 10.6. The molecule has 0 unspecified atom stereocenters. The molecule has 0 saturated carbocycles. The first-order chi connectivity index (χ1) is 4.56. The highest BCUT2D eigenvalue weighted by Crippen LogP contribution is 2.15. The largest absolute Gasteiger partial charge is 0.303 e. The van der Waals surface area contributed by atoms with Crippen LogP contribution >= 0.6 is 12.6 Å². The predicted octanol–water partition coefficient (Wildman–Crippen LogP) is 0.0319. The van der Waals surface area contributed by atoms with Crippen LogP contribution < -0.4 is 0 Å². The topological polar surface area (TPSA) is 51.2 Å². The van der Waals surface area contributed by atoms with Crippen molar-refractivity contribution in [1.29, 1.82) is 0 Å². The second-order valence-corrected chi connectivity index (χ2v) is 2.77. The first-order valence-corrected chi connectivity index (χ1v) is 3.15. The molecular weight excluding hydrogens is 152 g/mol. The number of aldehydes is 2. The first-order valence-electron chi connectivity index (χ1n) is 2.70. The summed E-state index contributed by atoms with van der Waals surface area (Å²) < 4.78 is -1.40. The lowest BCUT2D eigenvalue weighted by atomic mass is 10.0. The quantitative estimate of drug-likeness (QED) is 0.358. The average Bonchev–Trinajstić information content (AvgIpc) is 1.88. The molecule has 0 radical (unpaired) electrons. The zero-order chi connectivity index (χ0) is 8.20. The van der Waals surface area contributed by atoms with Crippen molar-refractivity contribution < 1.29 is 14.4 Å². The number of carbonyl (C=O) groups excluding carboxylic acids is 3. The van der Waals surface area contributed by atoms with E-state index in [1.165, 1.54) is 6.92 Å². The van der Waals surface area contributed by atoms with E-state index in [4.69, 9.17) is 0 Å². The van der Waals surface area contributed by atoms with E-state index in [1.54, 1.807) is 0 Å². The van der Waals surface area contributed by atoms with Gasteiger partial charge in [-0.3, -0.25) is 4.79 Å². The molecular formula is C6H8O3S. The molecule has 0 fully saturated rings. The normalized spacial score (nSPS) is 15.4. The molecule has 0 spiro atoms. The Labute approximate surface area is 64.2 Å². The van der Waals surface area contributed by atoms with Crippen molar-refractivity contribution in [3.8, 4) is 0 Å². The second kappa shape index (κ2) is 3.51. The van der Waals surface area contributed by atoms with E-state index in [2.05, 4.69) is 12.6 Å². The summed E-state index contributed by atoms with van der Waals surface area (Å²) in [6.45, 7) is 1.23. The van der Waals surface area contributed by atoms with Crippen molar-refractivity contribution in [3.05, 3.63) is 0 Å². The highest BCUT2D eigenvalue weighted by Gasteiger charge is 2.29. The van der Waals surface area contributed by atoms with Gasteiger partial charge >= 0.3 is 0 Å². The molecule has 0 aliphatic rings. The van der Waals surface area contributed by atoms with Crippen LogP contribution in [0.4, 0.5) is 0 Å². The van der Waals surface area contributed by atoms with Crippen molar-refractivity contribution >= 4 is 31.0 Å². The Hall–Kier alpha value is -0.640. The lowest BCUT2D eigenvalue weighted by molar-refractivity contribution is -0.125. The summed E-state index contributed by atoms with van der Waals surface area (Å²) in [4.78, 5) is 30.7. The fraction of sp³-hybridized carbons (Fsp3) is 0.500. The third kappa shape index (κ3) is 1.95. The molecule has 0 bridgehead atoms. The van der Waals surface area contributed by atoms with Crippen LogP contribution in [0.25, 0.3) is 0 Å². The number of thiol groups is 1. The Morgan fingerprint density at radius 3 is 2.20 bits per heavy atom. The molecule has 10 heavy (non-hydrogen) atoms. The summed E-state index contributed by atoms with van der Waals surface area (Å²) in [5.41, 5.74) is 0. The molecule has 0 N–H and O–H groups in total. The zero-order valence-electron chi connectivity index (χ0n) is 5.53. The lowest BCUT2D eigenvalue weighted by Gasteiger charge is -2.13. The minimum atomic E-state index is -1.40. The molecule has 56 valence electrons. The van der Waals surface area contributed by atoms with Gasteiger partial charge in [0.05, 0.1) is 0 Å². The minimum Gasteiger partial charge on any atom is -0.303 e. The van der Waals surface area contributed by atoms with Crippen LogP contribution in [0.1, 0.15) is 13.3 Å².